The number of anilines is 1. The van der Waals surface area contributed by atoms with Crippen LogP contribution in [0.15, 0.2) is 36.9 Å². The highest BCUT2D eigenvalue weighted by atomic mass is 16.5. The number of ether oxygens (including phenoxy) is 2. The molecule has 2 saturated heterocycles. The lowest BCUT2D eigenvalue weighted by Crippen LogP contribution is -2.55. The maximum Gasteiger partial charge on any atom is 0.321 e. The molecule has 1 spiro atoms. The number of amides is 1. The van der Waals surface area contributed by atoms with Gasteiger partial charge < -0.3 is 24.2 Å². The van der Waals surface area contributed by atoms with E-state index in [1.54, 1.807) is 4.90 Å². The molecule has 9 nitrogen and oxygen atoms in total. The third kappa shape index (κ3) is 5.38. The first-order valence-corrected chi connectivity index (χ1v) is 15.1. The minimum absolute atomic E-state index is 0.142. The molecule has 3 aliphatic heterocycles. The number of benzene rings is 1. The molecule has 0 bridgehead atoms. The van der Waals surface area contributed by atoms with E-state index < -0.39 is 5.60 Å². The highest BCUT2D eigenvalue weighted by molar-refractivity contribution is 5.87. The molecule has 41 heavy (non-hydrogen) atoms. The summed E-state index contributed by atoms with van der Waals surface area (Å²) < 4.78 is 13.1. The molecule has 0 unspecified atom stereocenters. The molecule has 1 aromatic heterocycles. The normalized spacial score (nSPS) is 25.7. The van der Waals surface area contributed by atoms with Crippen molar-refractivity contribution in [3.05, 3.63) is 53.6 Å². The van der Waals surface area contributed by atoms with Crippen molar-refractivity contribution in [2.45, 2.75) is 75.5 Å². The second kappa shape index (κ2) is 11.7. The zero-order valence-corrected chi connectivity index (χ0v) is 24.1. The van der Waals surface area contributed by atoms with Gasteiger partial charge in [0.15, 0.2) is 0 Å². The van der Waals surface area contributed by atoms with Gasteiger partial charge in [-0.2, -0.15) is 15.2 Å². The zero-order valence-electron chi connectivity index (χ0n) is 24.1. The van der Waals surface area contributed by atoms with Gasteiger partial charge in [0.2, 0.25) is 11.8 Å². The summed E-state index contributed by atoms with van der Waals surface area (Å²) in [6, 6.07) is 11.5. The Kier molecular flexibility index (Phi) is 7.85. The monoisotopic (exact) mass is 556 g/mol. The molecule has 4 heterocycles. The van der Waals surface area contributed by atoms with Crippen molar-refractivity contribution in [3.63, 3.8) is 0 Å². The quantitative estimate of drug-likeness (QED) is 0.472. The molecule has 0 N–H and O–H groups in total. The Hall–Kier alpha value is -3.64. The summed E-state index contributed by atoms with van der Waals surface area (Å²) in [5.74, 6) is 1.26. The van der Waals surface area contributed by atoms with Crippen molar-refractivity contribution in [1.82, 2.24) is 19.8 Å². The Morgan fingerprint density at radius 3 is 2.88 bits per heavy atom. The van der Waals surface area contributed by atoms with E-state index in [9.17, 15) is 10.1 Å². The Balaban J connectivity index is 1.31. The number of hydrogen-bond acceptors (Lipinski definition) is 8. The predicted molar refractivity (Wildman–Crippen MR) is 156 cm³/mol. The molecule has 2 fully saturated rings. The van der Waals surface area contributed by atoms with Crippen molar-refractivity contribution in [3.8, 4) is 18.0 Å². The molecular formula is C32H40N6O3. The summed E-state index contributed by atoms with van der Waals surface area (Å²) >= 11 is 0. The van der Waals surface area contributed by atoms with Crippen LogP contribution in [0.3, 0.4) is 0 Å². The SMILES string of the molecule is C=CC(=O)N1CCN(c2nc(OCC[C@@H]3CCCN3C)nc3c2CC[C@]2(CCCc4ccccc42)O3)C[C@@H]1CC#N. The van der Waals surface area contributed by atoms with Crippen LogP contribution in [0.1, 0.15) is 61.6 Å². The van der Waals surface area contributed by atoms with Crippen molar-refractivity contribution < 1.29 is 14.3 Å². The van der Waals surface area contributed by atoms with E-state index in [-0.39, 0.29) is 18.4 Å². The van der Waals surface area contributed by atoms with Crippen molar-refractivity contribution >= 4 is 11.7 Å². The van der Waals surface area contributed by atoms with Crippen LogP contribution in [0.2, 0.25) is 0 Å². The fourth-order valence-electron chi connectivity index (χ4n) is 7.24. The fraction of sp³-hybridized carbons (Fsp3) is 0.562. The van der Waals surface area contributed by atoms with Gasteiger partial charge in [-0.15, -0.1) is 0 Å². The van der Waals surface area contributed by atoms with Gasteiger partial charge in [-0.3, -0.25) is 4.79 Å². The number of carbonyl (C=O) groups excluding carboxylic acids is 1. The molecule has 1 amide bonds. The summed E-state index contributed by atoms with van der Waals surface area (Å²) in [6.07, 6.45) is 9.68. The van der Waals surface area contributed by atoms with Crippen LogP contribution in [-0.2, 0) is 23.2 Å². The molecule has 216 valence electrons. The number of likely N-dealkylation sites (tertiary alicyclic amines) is 1. The second-order valence-electron chi connectivity index (χ2n) is 11.8. The van der Waals surface area contributed by atoms with Crippen LogP contribution < -0.4 is 14.4 Å². The second-order valence-corrected chi connectivity index (χ2v) is 11.8. The smallest absolute Gasteiger partial charge is 0.321 e. The van der Waals surface area contributed by atoms with Gasteiger partial charge in [-0.05, 0) is 82.2 Å². The number of piperazine rings is 1. The van der Waals surface area contributed by atoms with E-state index in [2.05, 4.69) is 53.8 Å². The third-order valence-corrected chi connectivity index (χ3v) is 9.45. The van der Waals surface area contributed by atoms with Gasteiger partial charge in [0.05, 0.1) is 30.7 Å². The van der Waals surface area contributed by atoms with E-state index in [1.807, 2.05) is 0 Å². The Morgan fingerprint density at radius 1 is 1.20 bits per heavy atom. The first-order valence-electron chi connectivity index (χ1n) is 15.1. The molecule has 0 saturated carbocycles. The number of aromatic nitrogens is 2. The van der Waals surface area contributed by atoms with Crippen molar-refractivity contribution in [2.24, 2.45) is 0 Å². The molecule has 3 atom stereocenters. The Labute approximate surface area is 242 Å². The first kappa shape index (κ1) is 27.5. The molecule has 1 aliphatic carbocycles. The molecular weight excluding hydrogens is 516 g/mol. The number of hydrogen-bond donors (Lipinski definition) is 0. The lowest BCUT2D eigenvalue weighted by Gasteiger charge is -2.44. The maximum absolute atomic E-state index is 12.5. The number of aryl methyl sites for hydroxylation is 1. The summed E-state index contributed by atoms with van der Waals surface area (Å²) in [5.41, 5.74) is 3.22. The number of rotatable bonds is 7. The highest BCUT2D eigenvalue weighted by Gasteiger charge is 2.44. The van der Waals surface area contributed by atoms with Crippen LogP contribution in [0.4, 0.5) is 5.82 Å². The summed E-state index contributed by atoms with van der Waals surface area (Å²) in [5, 5.41) is 9.51. The van der Waals surface area contributed by atoms with Gasteiger partial charge in [-0.25, -0.2) is 0 Å². The topological polar surface area (TPSA) is 94.8 Å². The number of nitriles is 1. The number of carbonyl (C=O) groups is 1. The minimum Gasteiger partial charge on any atom is -0.466 e. The van der Waals surface area contributed by atoms with Crippen molar-refractivity contribution in [2.75, 3.05) is 44.7 Å². The maximum atomic E-state index is 12.5. The van der Waals surface area contributed by atoms with E-state index >= 15 is 0 Å². The van der Waals surface area contributed by atoms with Crippen LogP contribution in [0.25, 0.3) is 0 Å². The lowest BCUT2D eigenvalue weighted by atomic mass is 9.75. The standard InChI is InChI=1S/C32H40N6O3/c1-3-28(39)38-20-19-37(22-25(38)13-17-33)29-26-12-16-32(15-6-9-23-8-4-5-11-27(23)32)41-30(26)35-31(34-29)40-21-14-24-10-7-18-36(24)2/h3-5,8,11,24-25H,1,6-7,9-10,12-16,18-22H2,2H3/t24-,25-,32-/m0/s1. The van der Waals surface area contributed by atoms with Gasteiger partial charge in [0.1, 0.15) is 11.4 Å². The van der Waals surface area contributed by atoms with Gasteiger partial charge in [0, 0.05) is 25.7 Å². The average Bonchev–Trinajstić information content (AvgIpc) is 3.41. The average molecular weight is 557 g/mol. The largest absolute Gasteiger partial charge is 0.466 e. The first-order chi connectivity index (χ1) is 20.0. The third-order valence-electron chi connectivity index (χ3n) is 9.45. The fourth-order valence-corrected chi connectivity index (χ4v) is 7.24. The summed E-state index contributed by atoms with van der Waals surface area (Å²) in [7, 11) is 2.18. The van der Waals surface area contributed by atoms with Crippen molar-refractivity contribution in [1.29, 1.82) is 5.26 Å². The van der Waals surface area contributed by atoms with Crippen LogP contribution in [0, 0.1) is 11.3 Å². The highest BCUT2D eigenvalue weighted by Crippen LogP contribution is 2.48. The Bertz CT molecular complexity index is 1340. The molecule has 4 aliphatic rings. The van der Waals surface area contributed by atoms with Crippen LogP contribution >= 0.6 is 0 Å². The van der Waals surface area contributed by atoms with Gasteiger partial charge in [0.25, 0.3) is 0 Å². The van der Waals surface area contributed by atoms with Gasteiger partial charge in [-0.1, -0.05) is 30.8 Å². The predicted octanol–water partition coefficient (Wildman–Crippen LogP) is 4.01. The van der Waals surface area contributed by atoms with E-state index in [4.69, 9.17) is 19.4 Å². The number of nitrogens with zero attached hydrogens (tertiary/aromatic N) is 6. The molecule has 9 heteroatoms. The minimum atomic E-state index is -0.393. The van der Waals surface area contributed by atoms with E-state index in [1.165, 1.54) is 30.0 Å². The molecule has 1 aromatic carbocycles. The summed E-state index contributed by atoms with van der Waals surface area (Å²) in [6.45, 7) is 6.94. The van der Waals surface area contributed by atoms with Gasteiger partial charge >= 0.3 is 6.01 Å². The van der Waals surface area contributed by atoms with E-state index in [0.717, 1.165) is 56.5 Å². The zero-order chi connectivity index (χ0) is 28.4. The van der Waals surface area contributed by atoms with Crippen LogP contribution in [0.5, 0.6) is 11.9 Å². The van der Waals surface area contributed by atoms with E-state index in [0.29, 0.717) is 44.2 Å². The molecule has 6 rings (SSSR count). The summed E-state index contributed by atoms with van der Waals surface area (Å²) in [4.78, 5) is 28.7. The molecule has 2 aromatic rings. The van der Waals surface area contributed by atoms with Crippen LogP contribution in [-0.4, -0.2) is 77.6 Å². The lowest BCUT2D eigenvalue weighted by molar-refractivity contribution is -0.128. The Morgan fingerprint density at radius 2 is 2.07 bits per heavy atom. The molecule has 0 radical (unpaired) electrons. The number of fused-ring (bicyclic) bond motifs is 3.